The highest BCUT2D eigenvalue weighted by Crippen LogP contribution is 2.31. The van der Waals surface area contributed by atoms with Crippen LogP contribution in [0, 0.1) is 5.92 Å². The summed E-state index contributed by atoms with van der Waals surface area (Å²) in [5.41, 5.74) is 2.02. The Labute approximate surface area is 124 Å². The Kier molecular flexibility index (Phi) is 4.10. The van der Waals surface area contributed by atoms with Crippen molar-refractivity contribution < 1.29 is 9.47 Å². The summed E-state index contributed by atoms with van der Waals surface area (Å²) in [5, 5.41) is 3.43. The zero-order valence-electron chi connectivity index (χ0n) is 12.5. The van der Waals surface area contributed by atoms with Crippen LogP contribution in [-0.4, -0.2) is 30.7 Å². The molecule has 0 bridgehead atoms. The van der Waals surface area contributed by atoms with E-state index in [0.29, 0.717) is 0 Å². The lowest BCUT2D eigenvalue weighted by atomic mass is 10.1. The maximum Gasteiger partial charge on any atom is 0.161 e. The van der Waals surface area contributed by atoms with Gasteiger partial charge in [-0.25, -0.2) is 4.98 Å². The SMILES string of the molecule is COc1ccc(-c2cnc(CNCC3CC3)[nH]2)cc1OC. The van der Waals surface area contributed by atoms with E-state index in [2.05, 4.69) is 15.3 Å². The van der Waals surface area contributed by atoms with Crippen molar-refractivity contribution in [2.24, 2.45) is 5.92 Å². The Hall–Kier alpha value is -2.01. The van der Waals surface area contributed by atoms with Crippen molar-refractivity contribution in [1.29, 1.82) is 0 Å². The van der Waals surface area contributed by atoms with Crippen molar-refractivity contribution in [3.05, 3.63) is 30.2 Å². The normalized spacial score (nSPS) is 14.2. The Bertz CT molecular complexity index is 605. The average Bonchev–Trinajstić information content (AvgIpc) is 3.22. The number of rotatable bonds is 7. The van der Waals surface area contributed by atoms with Gasteiger partial charge < -0.3 is 19.8 Å². The lowest BCUT2D eigenvalue weighted by molar-refractivity contribution is 0.355. The number of hydrogen-bond donors (Lipinski definition) is 2. The van der Waals surface area contributed by atoms with E-state index in [0.717, 1.165) is 47.6 Å². The summed E-state index contributed by atoms with van der Waals surface area (Å²) in [6.45, 7) is 1.87. The first kappa shape index (κ1) is 13.9. The third-order valence-corrected chi connectivity index (χ3v) is 3.75. The first-order chi connectivity index (χ1) is 10.3. The number of H-pyrrole nitrogens is 1. The molecule has 1 fully saturated rings. The van der Waals surface area contributed by atoms with Crippen LogP contribution in [0.25, 0.3) is 11.3 Å². The van der Waals surface area contributed by atoms with E-state index < -0.39 is 0 Å². The second kappa shape index (κ2) is 6.18. The number of ether oxygens (including phenoxy) is 2. The molecule has 0 radical (unpaired) electrons. The van der Waals surface area contributed by atoms with E-state index in [1.807, 2.05) is 24.4 Å². The van der Waals surface area contributed by atoms with E-state index in [1.54, 1.807) is 14.2 Å². The monoisotopic (exact) mass is 287 g/mol. The molecule has 0 amide bonds. The van der Waals surface area contributed by atoms with Gasteiger partial charge in [0.2, 0.25) is 0 Å². The van der Waals surface area contributed by atoms with Gasteiger partial charge in [-0.1, -0.05) is 0 Å². The molecule has 1 aliphatic rings. The van der Waals surface area contributed by atoms with Crippen LogP contribution in [0.15, 0.2) is 24.4 Å². The molecule has 1 aromatic carbocycles. The van der Waals surface area contributed by atoms with E-state index in [4.69, 9.17) is 9.47 Å². The van der Waals surface area contributed by atoms with Gasteiger partial charge in [0.15, 0.2) is 11.5 Å². The molecule has 1 aromatic heterocycles. The summed E-state index contributed by atoms with van der Waals surface area (Å²) in [6.07, 6.45) is 4.58. The Balaban J connectivity index is 1.69. The van der Waals surface area contributed by atoms with Gasteiger partial charge in [-0.05, 0) is 43.5 Å². The fraction of sp³-hybridized carbons (Fsp3) is 0.438. The number of hydrogen-bond acceptors (Lipinski definition) is 4. The smallest absolute Gasteiger partial charge is 0.161 e. The molecule has 112 valence electrons. The predicted molar refractivity (Wildman–Crippen MR) is 81.6 cm³/mol. The number of benzene rings is 1. The van der Waals surface area contributed by atoms with E-state index >= 15 is 0 Å². The second-order valence-corrected chi connectivity index (χ2v) is 5.39. The highest BCUT2D eigenvalue weighted by atomic mass is 16.5. The molecule has 2 N–H and O–H groups in total. The van der Waals surface area contributed by atoms with E-state index in [1.165, 1.54) is 12.8 Å². The first-order valence-electron chi connectivity index (χ1n) is 7.27. The van der Waals surface area contributed by atoms with Gasteiger partial charge in [-0.15, -0.1) is 0 Å². The number of imidazole rings is 1. The van der Waals surface area contributed by atoms with Crippen LogP contribution in [-0.2, 0) is 6.54 Å². The molecular formula is C16H21N3O2. The van der Waals surface area contributed by atoms with E-state index in [-0.39, 0.29) is 0 Å². The fourth-order valence-corrected chi connectivity index (χ4v) is 2.32. The Morgan fingerprint density at radius 2 is 2.05 bits per heavy atom. The molecule has 1 heterocycles. The van der Waals surface area contributed by atoms with Crippen LogP contribution >= 0.6 is 0 Å². The van der Waals surface area contributed by atoms with Gasteiger partial charge in [0, 0.05) is 5.56 Å². The highest BCUT2D eigenvalue weighted by Gasteiger charge is 2.20. The number of aromatic nitrogens is 2. The summed E-state index contributed by atoms with van der Waals surface area (Å²) in [7, 11) is 3.28. The van der Waals surface area contributed by atoms with Gasteiger partial charge in [-0.3, -0.25) is 0 Å². The standard InChI is InChI=1S/C16H21N3O2/c1-20-14-6-5-12(7-15(14)21-2)13-9-18-16(19-13)10-17-8-11-3-4-11/h5-7,9,11,17H,3-4,8,10H2,1-2H3,(H,18,19). The fourth-order valence-electron chi connectivity index (χ4n) is 2.32. The molecule has 0 aliphatic heterocycles. The zero-order valence-corrected chi connectivity index (χ0v) is 12.5. The maximum atomic E-state index is 5.33. The van der Waals surface area contributed by atoms with Gasteiger partial charge in [0.1, 0.15) is 5.82 Å². The van der Waals surface area contributed by atoms with Gasteiger partial charge in [0.25, 0.3) is 0 Å². The molecule has 5 heteroatoms. The van der Waals surface area contributed by atoms with Crippen molar-refractivity contribution in [3.8, 4) is 22.8 Å². The van der Waals surface area contributed by atoms with Crippen LogP contribution in [0.3, 0.4) is 0 Å². The van der Waals surface area contributed by atoms with Crippen molar-refractivity contribution in [2.45, 2.75) is 19.4 Å². The average molecular weight is 287 g/mol. The Morgan fingerprint density at radius 3 is 2.76 bits per heavy atom. The van der Waals surface area contributed by atoms with Crippen LogP contribution in [0.4, 0.5) is 0 Å². The van der Waals surface area contributed by atoms with Crippen molar-refractivity contribution in [1.82, 2.24) is 15.3 Å². The lowest BCUT2D eigenvalue weighted by Gasteiger charge is -2.08. The highest BCUT2D eigenvalue weighted by molar-refractivity contribution is 5.63. The molecule has 2 aromatic rings. The molecule has 21 heavy (non-hydrogen) atoms. The van der Waals surface area contributed by atoms with Gasteiger partial charge in [-0.2, -0.15) is 0 Å². The topological polar surface area (TPSA) is 59.2 Å². The summed E-state index contributed by atoms with van der Waals surface area (Å²) in [4.78, 5) is 7.76. The predicted octanol–water partition coefficient (Wildman–Crippen LogP) is 2.59. The van der Waals surface area contributed by atoms with Crippen LogP contribution in [0.1, 0.15) is 18.7 Å². The third-order valence-electron chi connectivity index (χ3n) is 3.75. The minimum Gasteiger partial charge on any atom is -0.493 e. The molecule has 0 saturated heterocycles. The summed E-state index contributed by atoms with van der Waals surface area (Å²) in [5.74, 6) is 3.29. The van der Waals surface area contributed by atoms with E-state index in [9.17, 15) is 0 Å². The van der Waals surface area contributed by atoms with Crippen LogP contribution in [0.5, 0.6) is 11.5 Å². The third kappa shape index (κ3) is 3.36. The van der Waals surface area contributed by atoms with Gasteiger partial charge >= 0.3 is 0 Å². The van der Waals surface area contributed by atoms with Crippen LogP contribution < -0.4 is 14.8 Å². The minimum atomic E-state index is 0.720. The molecule has 1 saturated carbocycles. The molecule has 1 aliphatic carbocycles. The summed E-state index contributed by atoms with van der Waals surface area (Å²) >= 11 is 0. The van der Waals surface area contributed by atoms with Crippen LogP contribution in [0.2, 0.25) is 0 Å². The number of nitrogens with one attached hydrogen (secondary N) is 2. The number of nitrogens with zero attached hydrogens (tertiary/aromatic N) is 1. The molecule has 0 atom stereocenters. The quantitative estimate of drug-likeness (QED) is 0.822. The lowest BCUT2D eigenvalue weighted by Crippen LogP contribution is -2.16. The molecule has 0 unspecified atom stereocenters. The molecular weight excluding hydrogens is 266 g/mol. The first-order valence-corrected chi connectivity index (χ1v) is 7.27. The van der Waals surface area contributed by atoms with Crippen molar-refractivity contribution in [2.75, 3.05) is 20.8 Å². The summed E-state index contributed by atoms with van der Waals surface area (Å²) < 4.78 is 10.6. The molecule has 3 rings (SSSR count). The summed E-state index contributed by atoms with van der Waals surface area (Å²) in [6, 6.07) is 5.85. The van der Waals surface area contributed by atoms with Gasteiger partial charge in [0.05, 0.1) is 32.7 Å². The maximum absolute atomic E-state index is 5.33. The van der Waals surface area contributed by atoms with Crippen molar-refractivity contribution in [3.63, 3.8) is 0 Å². The Morgan fingerprint density at radius 1 is 1.24 bits per heavy atom. The number of methoxy groups -OCH3 is 2. The van der Waals surface area contributed by atoms with Crippen molar-refractivity contribution >= 4 is 0 Å². The molecule has 5 nitrogen and oxygen atoms in total. The second-order valence-electron chi connectivity index (χ2n) is 5.39. The molecule has 0 spiro atoms. The minimum absolute atomic E-state index is 0.720. The zero-order chi connectivity index (χ0) is 14.7. The number of aromatic amines is 1. The largest absolute Gasteiger partial charge is 0.493 e.